The van der Waals surface area contributed by atoms with Gasteiger partial charge in [-0.2, -0.15) is 5.10 Å². The summed E-state index contributed by atoms with van der Waals surface area (Å²) in [7, 11) is 0. The number of hydrogen-bond donors (Lipinski definition) is 2. The maximum absolute atomic E-state index is 11.5. The Kier molecular flexibility index (Phi) is 6.78. The molecular weight excluding hydrogens is 357 g/mol. The van der Waals surface area contributed by atoms with E-state index in [1.54, 1.807) is 6.20 Å². The number of carboxylic acids is 1. The van der Waals surface area contributed by atoms with E-state index in [0.717, 1.165) is 29.5 Å². The van der Waals surface area contributed by atoms with Crippen molar-refractivity contribution in [2.75, 3.05) is 6.54 Å². The van der Waals surface area contributed by atoms with Crippen LogP contribution in [0.1, 0.15) is 39.5 Å². The van der Waals surface area contributed by atoms with E-state index in [1.165, 1.54) is 0 Å². The molecule has 0 bridgehead atoms. The van der Waals surface area contributed by atoms with Crippen LogP contribution in [0.4, 0.5) is 0 Å². The Hall–Kier alpha value is -0.630. The van der Waals surface area contributed by atoms with Crippen molar-refractivity contribution in [3.8, 4) is 0 Å². The SMILES string of the molecule is CCCNC(CC)(CCCn1cc(I)cn1)C(=O)O. The summed E-state index contributed by atoms with van der Waals surface area (Å²) in [5.74, 6) is -0.751. The van der Waals surface area contributed by atoms with Crippen LogP contribution in [0, 0.1) is 3.57 Å². The molecule has 0 spiro atoms. The summed E-state index contributed by atoms with van der Waals surface area (Å²) < 4.78 is 2.96. The Balaban J connectivity index is 2.54. The van der Waals surface area contributed by atoms with Crippen molar-refractivity contribution in [3.63, 3.8) is 0 Å². The fraction of sp³-hybridized carbons (Fsp3) is 0.692. The lowest BCUT2D eigenvalue weighted by atomic mass is 9.90. The molecule has 1 rings (SSSR count). The molecule has 108 valence electrons. The number of rotatable bonds is 9. The lowest BCUT2D eigenvalue weighted by Crippen LogP contribution is -2.52. The van der Waals surface area contributed by atoms with Crippen molar-refractivity contribution in [2.45, 2.75) is 51.6 Å². The Morgan fingerprint density at radius 1 is 1.58 bits per heavy atom. The number of carbonyl (C=O) groups is 1. The predicted molar refractivity (Wildman–Crippen MR) is 83.1 cm³/mol. The van der Waals surface area contributed by atoms with Crippen molar-refractivity contribution in [2.24, 2.45) is 0 Å². The molecule has 0 fully saturated rings. The van der Waals surface area contributed by atoms with Gasteiger partial charge < -0.3 is 10.4 Å². The molecule has 0 saturated carbocycles. The maximum atomic E-state index is 11.5. The summed E-state index contributed by atoms with van der Waals surface area (Å²) in [4.78, 5) is 11.5. The number of halogens is 1. The molecule has 1 aromatic rings. The average molecular weight is 379 g/mol. The second kappa shape index (κ2) is 7.84. The smallest absolute Gasteiger partial charge is 0.323 e. The van der Waals surface area contributed by atoms with Crippen LogP contribution in [-0.4, -0.2) is 32.9 Å². The van der Waals surface area contributed by atoms with E-state index in [0.29, 0.717) is 12.8 Å². The zero-order valence-corrected chi connectivity index (χ0v) is 13.7. The first-order valence-electron chi connectivity index (χ1n) is 6.70. The molecule has 19 heavy (non-hydrogen) atoms. The number of nitrogens with zero attached hydrogens (tertiary/aromatic N) is 2. The molecule has 1 aromatic heterocycles. The van der Waals surface area contributed by atoms with Gasteiger partial charge in [0.25, 0.3) is 0 Å². The zero-order valence-electron chi connectivity index (χ0n) is 11.5. The van der Waals surface area contributed by atoms with Crippen LogP contribution in [0.2, 0.25) is 0 Å². The quantitative estimate of drug-likeness (QED) is 0.647. The predicted octanol–water partition coefficient (Wildman–Crippen LogP) is 2.50. The van der Waals surface area contributed by atoms with Crippen LogP contribution < -0.4 is 5.32 Å². The third-order valence-electron chi connectivity index (χ3n) is 3.32. The summed E-state index contributed by atoms with van der Waals surface area (Å²) >= 11 is 2.22. The molecule has 1 unspecified atom stereocenters. The molecule has 0 aromatic carbocycles. The van der Waals surface area contributed by atoms with Crippen molar-refractivity contribution in [1.82, 2.24) is 15.1 Å². The van der Waals surface area contributed by atoms with Crippen LogP contribution >= 0.6 is 22.6 Å². The molecule has 1 heterocycles. The minimum absolute atomic E-state index is 0.596. The highest BCUT2D eigenvalue weighted by atomic mass is 127. The van der Waals surface area contributed by atoms with Crippen LogP contribution in [0.3, 0.4) is 0 Å². The molecule has 0 aliphatic heterocycles. The van der Waals surface area contributed by atoms with Crippen LogP contribution in [0.15, 0.2) is 12.4 Å². The minimum Gasteiger partial charge on any atom is -0.480 e. The highest BCUT2D eigenvalue weighted by Gasteiger charge is 2.35. The van der Waals surface area contributed by atoms with Gasteiger partial charge in [-0.1, -0.05) is 13.8 Å². The number of aryl methyl sites for hydroxylation is 1. The lowest BCUT2D eigenvalue weighted by Gasteiger charge is -2.29. The average Bonchev–Trinajstić information content (AvgIpc) is 2.79. The van der Waals surface area contributed by atoms with Crippen LogP contribution in [0.5, 0.6) is 0 Å². The summed E-state index contributed by atoms with van der Waals surface area (Å²) in [6.45, 7) is 5.46. The third kappa shape index (κ3) is 4.76. The molecule has 5 nitrogen and oxygen atoms in total. The number of hydrogen-bond acceptors (Lipinski definition) is 3. The highest BCUT2D eigenvalue weighted by Crippen LogP contribution is 2.19. The van der Waals surface area contributed by atoms with E-state index in [2.05, 4.69) is 33.0 Å². The topological polar surface area (TPSA) is 67.2 Å². The van der Waals surface area contributed by atoms with Gasteiger partial charge in [0, 0.05) is 12.7 Å². The van der Waals surface area contributed by atoms with E-state index in [1.807, 2.05) is 24.7 Å². The number of aliphatic carboxylic acids is 1. The second-order valence-corrected chi connectivity index (χ2v) is 5.94. The van der Waals surface area contributed by atoms with Crippen molar-refractivity contribution in [3.05, 3.63) is 16.0 Å². The standard InChI is InChI=1S/C13H22IN3O2/c1-3-7-15-13(4-2,12(18)19)6-5-8-17-10-11(14)9-16-17/h9-10,15H,3-8H2,1-2H3,(H,18,19). The number of aromatic nitrogens is 2. The molecule has 2 N–H and O–H groups in total. The van der Waals surface area contributed by atoms with Crippen LogP contribution in [-0.2, 0) is 11.3 Å². The molecule has 0 aliphatic rings. The monoisotopic (exact) mass is 379 g/mol. The minimum atomic E-state index is -0.795. The Morgan fingerprint density at radius 2 is 2.32 bits per heavy atom. The fourth-order valence-electron chi connectivity index (χ4n) is 2.09. The molecule has 6 heteroatoms. The Bertz CT molecular complexity index is 408. The molecule has 0 saturated heterocycles. The van der Waals surface area contributed by atoms with Gasteiger partial charge in [0.1, 0.15) is 5.54 Å². The van der Waals surface area contributed by atoms with Gasteiger partial charge >= 0.3 is 5.97 Å². The van der Waals surface area contributed by atoms with Gasteiger partial charge in [-0.15, -0.1) is 0 Å². The van der Waals surface area contributed by atoms with E-state index >= 15 is 0 Å². The highest BCUT2D eigenvalue weighted by molar-refractivity contribution is 14.1. The summed E-state index contributed by atoms with van der Waals surface area (Å²) in [6.07, 6.45) is 6.73. The van der Waals surface area contributed by atoms with E-state index in [9.17, 15) is 9.90 Å². The van der Waals surface area contributed by atoms with Gasteiger partial charge in [0.05, 0.1) is 9.77 Å². The number of nitrogens with one attached hydrogen (secondary N) is 1. The zero-order chi connectivity index (χ0) is 14.3. The van der Waals surface area contributed by atoms with Gasteiger partial charge in [0.2, 0.25) is 0 Å². The fourth-order valence-corrected chi connectivity index (χ4v) is 2.54. The molecule has 0 amide bonds. The van der Waals surface area contributed by atoms with Crippen molar-refractivity contribution < 1.29 is 9.90 Å². The van der Waals surface area contributed by atoms with Gasteiger partial charge in [0.15, 0.2) is 0 Å². The third-order valence-corrected chi connectivity index (χ3v) is 3.88. The van der Waals surface area contributed by atoms with Gasteiger partial charge in [-0.3, -0.25) is 9.48 Å². The first kappa shape index (κ1) is 16.4. The molecule has 1 atom stereocenters. The first-order valence-corrected chi connectivity index (χ1v) is 7.78. The molecule has 0 radical (unpaired) electrons. The van der Waals surface area contributed by atoms with Crippen LogP contribution in [0.25, 0.3) is 0 Å². The summed E-state index contributed by atoms with van der Waals surface area (Å²) in [5.41, 5.74) is -0.795. The van der Waals surface area contributed by atoms with Gasteiger partial charge in [-0.25, -0.2) is 0 Å². The Labute approximate surface area is 127 Å². The molecular formula is C13H22IN3O2. The number of carboxylic acid groups (broad SMARTS) is 1. The van der Waals surface area contributed by atoms with E-state index < -0.39 is 11.5 Å². The van der Waals surface area contributed by atoms with Gasteiger partial charge in [-0.05, 0) is 54.8 Å². The van der Waals surface area contributed by atoms with E-state index in [-0.39, 0.29) is 0 Å². The van der Waals surface area contributed by atoms with Crippen molar-refractivity contribution in [1.29, 1.82) is 0 Å². The first-order chi connectivity index (χ1) is 9.04. The Morgan fingerprint density at radius 3 is 2.79 bits per heavy atom. The largest absolute Gasteiger partial charge is 0.480 e. The normalized spacial score (nSPS) is 14.3. The summed E-state index contributed by atoms with van der Waals surface area (Å²) in [6, 6.07) is 0. The maximum Gasteiger partial charge on any atom is 0.323 e. The summed E-state index contributed by atoms with van der Waals surface area (Å²) in [5, 5.41) is 16.9. The lowest BCUT2D eigenvalue weighted by molar-refractivity contribution is -0.145. The van der Waals surface area contributed by atoms with E-state index in [4.69, 9.17) is 0 Å². The van der Waals surface area contributed by atoms with Crippen molar-refractivity contribution >= 4 is 28.6 Å². The molecule has 0 aliphatic carbocycles. The second-order valence-electron chi connectivity index (χ2n) is 4.69.